The van der Waals surface area contributed by atoms with Crippen LogP contribution in [0.3, 0.4) is 0 Å². The third kappa shape index (κ3) is 0.956. The van der Waals surface area contributed by atoms with E-state index in [2.05, 4.69) is 4.90 Å². The van der Waals surface area contributed by atoms with Crippen molar-refractivity contribution in [1.29, 1.82) is 0 Å². The van der Waals surface area contributed by atoms with Gasteiger partial charge in [0.15, 0.2) is 0 Å². The van der Waals surface area contributed by atoms with E-state index in [4.69, 9.17) is 4.74 Å². The van der Waals surface area contributed by atoms with E-state index in [1.165, 1.54) is 32.4 Å². The SMILES string of the molecule is COC1CCC2CCN1C2. The molecule has 2 heteroatoms. The third-order valence-electron chi connectivity index (χ3n) is 2.82. The van der Waals surface area contributed by atoms with E-state index in [0.29, 0.717) is 6.23 Å². The van der Waals surface area contributed by atoms with Crippen molar-refractivity contribution in [1.82, 2.24) is 4.90 Å². The molecule has 2 aliphatic rings. The molecular weight excluding hydrogens is 126 g/mol. The largest absolute Gasteiger partial charge is 0.366 e. The van der Waals surface area contributed by atoms with Crippen molar-refractivity contribution < 1.29 is 4.74 Å². The molecule has 58 valence electrons. The van der Waals surface area contributed by atoms with Crippen LogP contribution in [-0.2, 0) is 4.74 Å². The molecule has 2 heterocycles. The molecule has 0 aromatic carbocycles. The van der Waals surface area contributed by atoms with Crippen LogP contribution in [0.1, 0.15) is 19.3 Å². The molecule has 0 aromatic heterocycles. The lowest BCUT2D eigenvalue weighted by Crippen LogP contribution is -2.37. The van der Waals surface area contributed by atoms with Crippen LogP contribution in [0.4, 0.5) is 0 Å². The van der Waals surface area contributed by atoms with Gasteiger partial charge < -0.3 is 4.74 Å². The second-order valence-electron chi connectivity index (χ2n) is 3.42. The Bertz CT molecular complexity index is 126. The predicted octanol–water partition coefficient (Wildman–Crippen LogP) is 1.07. The second kappa shape index (κ2) is 2.51. The summed E-state index contributed by atoms with van der Waals surface area (Å²) in [6.07, 6.45) is 4.48. The zero-order valence-corrected chi connectivity index (χ0v) is 6.55. The van der Waals surface area contributed by atoms with Crippen molar-refractivity contribution in [2.45, 2.75) is 25.5 Å². The van der Waals surface area contributed by atoms with Gasteiger partial charge in [0.05, 0.1) is 0 Å². The van der Waals surface area contributed by atoms with Crippen molar-refractivity contribution in [2.75, 3.05) is 20.2 Å². The Labute approximate surface area is 62.2 Å². The van der Waals surface area contributed by atoms with Crippen molar-refractivity contribution in [2.24, 2.45) is 5.92 Å². The number of ether oxygens (including phenoxy) is 1. The highest BCUT2D eigenvalue weighted by Crippen LogP contribution is 2.30. The maximum atomic E-state index is 5.35. The molecule has 0 radical (unpaired) electrons. The summed E-state index contributed by atoms with van der Waals surface area (Å²) in [7, 11) is 1.82. The van der Waals surface area contributed by atoms with Gasteiger partial charge in [-0.2, -0.15) is 0 Å². The number of methoxy groups -OCH3 is 1. The zero-order chi connectivity index (χ0) is 6.97. The number of fused-ring (bicyclic) bond motifs is 2. The van der Waals surface area contributed by atoms with Crippen molar-refractivity contribution in [3.05, 3.63) is 0 Å². The van der Waals surface area contributed by atoms with Gasteiger partial charge in [0.1, 0.15) is 6.23 Å². The van der Waals surface area contributed by atoms with Gasteiger partial charge in [-0.15, -0.1) is 0 Å². The van der Waals surface area contributed by atoms with Gasteiger partial charge in [-0.25, -0.2) is 0 Å². The first kappa shape index (κ1) is 6.62. The van der Waals surface area contributed by atoms with Crippen molar-refractivity contribution in [3.8, 4) is 0 Å². The predicted molar refractivity (Wildman–Crippen MR) is 39.7 cm³/mol. The average Bonchev–Trinajstić information content (AvgIpc) is 2.34. The van der Waals surface area contributed by atoms with Crippen LogP contribution in [0, 0.1) is 5.92 Å². The zero-order valence-electron chi connectivity index (χ0n) is 6.55. The molecule has 0 aliphatic carbocycles. The lowest BCUT2D eigenvalue weighted by atomic mass is 10.0. The Kier molecular flexibility index (Phi) is 1.66. The van der Waals surface area contributed by atoms with E-state index in [-0.39, 0.29) is 0 Å². The van der Waals surface area contributed by atoms with E-state index in [1.807, 2.05) is 7.11 Å². The standard InChI is InChI=1S/C8H15NO/c1-10-8-3-2-7-4-5-9(8)6-7/h7-8H,2-6H2,1H3. The fourth-order valence-corrected chi connectivity index (χ4v) is 2.19. The Balaban J connectivity index is 2.00. The quantitative estimate of drug-likeness (QED) is 0.541. The van der Waals surface area contributed by atoms with Gasteiger partial charge in [0.2, 0.25) is 0 Å². The fourth-order valence-electron chi connectivity index (χ4n) is 2.19. The number of hydrogen-bond acceptors (Lipinski definition) is 2. The van der Waals surface area contributed by atoms with Crippen LogP contribution in [0.5, 0.6) is 0 Å². The lowest BCUT2D eigenvalue weighted by Gasteiger charge is -2.30. The van der Waals surface area contributed by atoms with E-state index in [0.717, 1.165) is 5.92 Å². The third-order valence-corrected chi connectivity index (χ3v) is 2.82. The summed E-state index contributed by atoms with van der Waals surface area (Å²) in [5.41, 5.74) is 0. The summed E-state index contributed by atoms with van der Waals surface area (Å²) >= 11 is 0. The first-order valence-corrected chi connectivity index (χ1v) is 4.17. The molecule has 2 fully saturated rings. The Morgan fingerprint density at radius 3 is 3.00 bits per heavy atom. The van der Waals surface area contributed by atoms with E-state index < -0.39 is 0 Å². The molecule has 2 saturated heterocycles. The average molecular weight is 141 g/mol. The molecule has 0 N–H and O–H groups in total. The molecule has 2 rings (SSSR count). The minimum absolute atomic E-state index is 0.443. The summed E-state index contributed by atoms with van der Waals surface area (Å²) in [5.74, 6) is 0.992. The fraction of sp³-hybridized carbons (Fsp3) is 1.00. The summed E-state index contributed by atoms with van der Waals surface area (Å²) in [6.45, 7) is 2.56. The highest BCUT2D eigenvalue weighted by molar-refractivity contribution is 4.83. The second-order valence-corrected chi connectivity index (χ2v) is 3.42. The summed E-state index contributed by atoms with van der Waals surface area (Å²) in [6, 6.07) is 0. The molecule has 2 bridgehead atoms. The smallest absolute Gasteiger partial charge is 0.110 e. The van der Waals surface area contributed by atoms with Gasteiger partial charge in [-0.3, -0.25) is 4.90 Å². The normalized spacial score (nSPS) is 45.9. The van der Waals surface area contributed by atoms with Crippen LogP contribution in [0.15, 0.2) is 0 Å². The van der Waals surface area contributed by atoms with Crippen molar-refractivity contribution in [3.63, 3.8) is 0 Å². The minimum atomic E-state index is 0.443. The van der Waals surface area contributed by atoms with E-state index in [1.54, 1.807) is 0 Å². The van der Waals surface area contributed by atoms with Crippen LogP contribution >= 0.6 is 0 Å². The van der Waals surface area contributed by atoms with Gasteiger partial charge in [-0.1, -0.05) is 0 Å². The number of rotatable bonds is 1. The van der Waals surface area contributed by atoms with E-state index >= 15 is 0 Å². The van der Waals surface area contributed by atoms with Crippen LogP contribution in [0.25, 0.3) is 0 Å². The maximum absolute atomic E-state index is 5.35. The van der Waals surface area contributed by atoms with Crippen LogP contribution in [-0.4, -0.2) is 31.3 Å². The molecule has 0 aromatic rings. The molecule has 0 spiro atoms. The molecule has 2 aliphatic heterocycles. The Morgan fingerprint density at radius 1 is 1.30 bits per heavy atom. The van der Waals surface area contributed by atoms with Gasteiger partial charge in [0, 0.05) is 20.2 Å². The maximum Gasteiger partial charge on any atom is 0.110 e. The van der Waals surface area contributed by atoms with Gasteiger partial charge >= 0.3 is 0 Å². The van der Waals surface area contributed by atoms with Crippen LogP contribution < -0.4 is 0 Å². The summed E-state index contributed by atoms with van der Waals surface area (Å²) < 4.78 is 5.35. The topological polar surface area (TPSA) is 12.5 Å². The lowest BCUT2D eigenvalue weighted by molar-refractivity contribution is -0.0422. The molecule has 0 amide bonds. The molecule has 3 atom stereocenters. The Hall–Kier alpha value is -0.0800. The van der Waals surface area contributed by atoms with Crippen molar-refractivity contribution >= 4 is 0 Å². The first-order valence-electron chi connectivity index (χ1n) is 4.17. The summed E-state index contributed by atoms with van der Waals surface area (Å²) in [5, 5.41) is 0. The van der Waals surface area contributed by atoms with Gasteiger partial charge in [-0.05, 0) is 25.2 Å². The highest BCUT2D eigenvalue weighted by atomic mass is 16.5. The van der Waals surface area contributed by atoms with Crippen LogP contribution in [0.2, 0.25) is 0 Å². The molecular formula is C8H15NO. The first-order chi connectivity index (χ1) is 4.90. The number of hydrogen-bond donors (Lipinski definition) is 0. The summed E-state index contributed by atoms with van der Waals surface area (Å²) in [4.78, 5) is 2.47. The Morgan fingerprint density at radius 2 is 2.20 bits per heavy atom. The molecule has 3 unspecified atom stereocenters. The molecule has 0 saturated carbocycles. The molecule has 10 heavy (non-hydrogen) atoms. The van der Waals surface area contributed by atoms with E-state index in [9.17, 15) is 0 Å². The number of nitrogens with zero attached hydrogens (tertiary/aromatic N) is 1. The highest BCUT2D eigenvalue weighted by Gasteiger charge is 2.32. The monoisotopic (exact) mass is 141 g/mol. The minimum Gasteiger partial charge on any atom is -0.366 e. The van der Waals surface area contributed by atoms with Gasteiger partial charge in [0.25, 0.3) is 0 Å². The molecule has 2 nitrogen and oxygen atoms in total. The number of piperidine rings is 1.